The van der Waals surface area contributed by atoms with Crippen LogP contribution in [0, 0.1) is 0 Å². The number of rotatable bonds is 4. The van der Waals surface area contributed by atoms with E-state index in [1.54, 1.807) is 6.26 Å². The van der Waals surface area contributed by atoms with Gasteiger partial charge in [-0.3, -0.25) is 4.99 Å². The Hall–Kier alpha value is -1.45. The second-order valence-electron chi connectivity index (χ2n) is 3.82. The Labute approximate surface area is 89.8 Å². The van der Waals surface area contributed by atoms with Crippen LogP contribution in [-0.4, -0.2) is 25.1 Å². The third-order valence-corrected chi connectivity index (χ3v) is 2.46. The molecule has 1 atom stereocenters. The van der Waals surface area contributed by atoms with Crippen molar-refractivity contribution in [2.75, 3.05) is 13.1 Å². The topological polar surface area (TPSA) is 49.6 Å². The number of hydrogen-bond acceptors (Lipinski definition) is 4. The lowest BCUT2D eigenvalue weighted by atomic mass is 10.1. The predicted molar refractivity (Wildman–Crippen MR) is 59.9 cm³/mol. The van der Waals surface area contributed by atoms with E-state index < -0.39 is 0 Å². The average molecular weight is 207 g/mol. The molecule has 1 aromatic heterocycles. The van der Waals surface area contributed by atoms with Crippen LogP contribution in [0.5, 0.6) is 0 Å². The molecule has 0 spiro atoms. The molecule has 4 nitrogen and oxygen atoms in total. The van der Waals surface area contributed by atoms with Gasteiger partial charge in [0.15, 0.2) is 5.96 Å². The first-order valence-electron chi connectivity index (χ1n) is 5.42. The Morgan fingerprint density at radius 2 is 2.60 bits per heavy atom. The highest BCUT2D eigenvalue weighted by atomic mass is 16.3. The van der Waals surface area contributed by atoms with Crippen LogP contribution < -0.4 is 10.6 Å². The van der Waals surface area contributed by atoms with E-state index in [0.29, 0.717) is 6.04 Å². The van der Waals surface area contributed by atoms with Crippen LogP contribution in [0.15, 0.2) is 27.8 Å². The van der Waals surface area contributed by atoms with E-state index in [1.807, 2.05) is 12.1 Å². The quantitative estimate of drug-likeness (QED) is 0.778. The van der Waals surface area contributed by atoms with E-state index in [4.69, 9.17) is 4.42 Å². The summed E-state index contributed by atoms with van der Waals surface area (Å²) < 4.78 is 5.28. The molecule has 2 heterocycles. The van der Waals surface area contributed by atoms with Gasteiger partial charge in [0.1, 0.15) is 5.76 Å². The fourth-order valence-electron chi connectivity index (χ4n) is 1.61. The van der Waals surface area contributed by atoms with Crippen LogP contribution in [0.2, 0.25) is 0 Å². The molecule has 2 rings (SSSR count). The minimum Gasteiger partial charge on any atom is -0.469 e. The molecule has 0 saturated heterocycles. The average Bonchev–Trinajstić information content (AvgIpc) is 2.86. The Kier molecular flexibility index (Phi) is 3.27. The van der Waals surface area contributed by atoms with E-state index in [9.17, 15) is 0 Å². The molecule has 2 N–H and O–H groups in total. The molecule has 0 saturated carbocycles. The number of aryl methyl sites for hydroxylation is 1. The second-order valence-corrected chi connectivity index (χ2v) is 3.82. The molecule has 82 valence electrons. The highest BCUT2D eigenvalue weighted by Crippen LogP contribution is 2.05. The summed E-state index contributed by atoms with van der Waals surface area (Å²) in [5.41, 5.74) is 0. The molecule has 1 aliphatic rings. The molecule has 1 aliphatic heterocycles. The first kappa shape index (κ1) is 10.1. The third kappa shape index (κ3) is 3.01. The molecule has 1 unspecified atom stereocenters. The van der Waals surface area contributed by atoms with Crippen molar-refractivity contribution in [3.05, 3.63) is 24.2 Å². The third-order valence-electron chi connectivity index (χ3n) is 2.46. The number of guanidine groups is 1. The van der Waals surface area contributed by atoms with Gasteiger partial charge in [-0.15, -0.1) is 0 Å². The lowest BCUT2D eigenvalue weighted by molar-refractivity contribution is 0.482. The zero-order valence-corrected chi connectivity index (χ0v) is 8.99. The van der Waals surface area contributed by atoms with E-state index in [1.165, 1.54) is 0 Å². The standard InChI is InChI=1S/C11H17N3O/c1-9(14-11-12-6-7-13-11)4-5-10-3-2-8-15-10/h2-3,8-9H,4-7H2,1H3,(H2,12,13,14). The first-order chi connectivity index (χ1) is 7.34. The van der Waals surface area contributed by atoms with Crippen molar-refractivity contribution in [1.82, 2.24) is 10.6 Å². The minimum atomic E-state index is 0.416. The summed E-state index contributed by atoms with van der Waals surface area (Å²) in [6, 6.07) is 4.35. The maximum Gasteiger partial charge on any atom is 0.191 e. The lowest BCUT2D eigenvalue weighted by Crippen LogP contribution is -2.39. The highest BCUT2D eigenvalue weighted by Gasteiger charge is 2.09. The van der Waals surface area contributed by atoms with Crippen LogP contribution >= 0.6 is 0 Å². The van der Waals surface area contributed by atoms with Gasteiger partial charge < -0.3 is 15.1 Å². The molecule has 0 aromatic carbocycles. The van der Waals surface area contributed by atoms with Crippen molar-refractivity contribution >= 4 is 5.96 Å². The maximum atomic E-state index is 5.28. The molecule has 0 radical (unpaired) electrons. The normalized spacial score (nSPS) is 17.0. The zero-order valence-electron chi connectivity index (χ0n) is 8.99. The summed E-state index contributed by atoms with van der Waals surface area (Å²) in [6.45, 7) is 3.99. The number of nitrogens with zero attached hydrogens (tertiary/aromatic N) is 1. The van der Waals surface area contributed by atoms with Gasteiger partial charge in [-0.25, -0.2) is 0 Å². The van der Waals surface area contributed by atoms with Crippen molar-refractivity contribution in [3.63, 3.8) is 0 Å². The molecule has 1 aromatic rings. The van der Waals surface area contributed by atoms with Crippen molar-refractivity contribution in [3.8, 4) is 0 Å². The van der Waals surface area contributed by atoms with Gasteiger partial charge in [-0.05, 0) is 25.5 Å². The minimum absolute atomic E-state index is 0.416. The van der Waals surface area contributed by atoms with Gasteiger partial charge in [0.25, 0.3) is 0 Å². The van der Waals surface area contributed by atoms with Gasteiger partial charge in [-0.1, -0.05) is 0 Å². The fraction of sp³-hybridized carbons (Fsp3) is 0.545. The molecule has 0 aliphatic carbocycles. The summed E-state index contributed by atoms with van der Waals surface area (Å²) in [5, 5.41) is 6.53. The van der Waals surface area contributed by atoms with E-state index >= 15 is 0 Å². The SMILES string of the molecule is CC(CCc1ccco1)NC1=NCCN1. The predicted octanol–water partition coefficient (Wildman–Crippen LogP) is 1.15. The number of aliphatic imine (C=N–C) groups is 1. The van der Waals surface area contributed by atoms with Crippen LogP contribution in [0.4, 0.5) is 0 Å². The molecule has 0 fully saturated rings. The second kappa shape index (κ2) is 4.87. The van der Waals surface area contributed by atoms with Crippen molar-refractivity contribution < 1.29 is 4.42 Å². The molecule has 15 heavy (non-hydrogen) atoms. The van der Waals surface area contributed by atoms with Gasteiger partial charge >= 0.3 is 0 Å². The largest absolute Gasteiger partial charge is 0.469 e. The summed E-state index contributed by atoms with van der Waals surface area (Å²) in [6.07, 6.45) is 3.73. The van der Waals surface area contributed by atoms with Crippen molar-refractivity contribution in [2.45, 2.75) is 25.8 Å². The summed E-state index contributed by atoms with van der Waals surface area (Å²) >= 11 is 0. The first-order valence-corrected chi connectivity index (χ1v) is 5.42. The van der Waals surface area contributed by atoms with Gasteiger partial charge in [0, 0.05) is 19.0 Å². The molecular weight excluding hydrogens is 190 g/mol. The summed E-state index contributed by atoms with van der Waals surface area (Å²) in [4.78, 5) is 4.29. The van der Waals surface area contributed by atoms with Crippen LogP contribution in [0.25, 0.3) is 0 Å². The van der Waals surface area contributed by atoms with E-state index in [-0.39, 0.29) is 0 Å². The number of nitrogens with one attached hydrogen (secondary N) is 2. The summed E-state index contributed by atoms with van der Waals surface area (Å²) in [7, 11) is 0. The highest BCUT2D eigenvalue weighted by molar-refractivity contribution is 5.81. The Morgan fingerprint density at radius 1 is 1.67 bits per heavy atom. The van der Waals surface area contributed by atoms with Gasteiger partial charge in [-0.2, -0.15) is 0 Å². The molecule has 4 heteroatoms. The van der Waals surface area contributed by atoms with Crippen LogP contribution in [0.1, 0.15) is 19.1 Å². The molecule has 0 amide bonds. The number of hydrogen-bond donors (Lipinski definition) is 2. The van der Waals surface area contributed by atoms with Crippen molar-refractivity contribution in [1.29, 1.82) is 0 Å². The molecular formula is C11H17N3O. The monoisotopic (exact) mass is 207 g/mol. The van der Waals surface area contributed by atoms with Gasteiger partial charge in [0.05, 0.1) is 12.8 Å². The van der Waals surface area contributed by atoms with Crippen LogP contribution in [0.3, 0.4) is 0 Å². The maximum absolute atomic E-state index is 5.28. The van der Waals surface area contributed by atoms with Gasteiger partial charge in [0.2, 0.25) is 0 Å². The van der Waals surface area contributed by atoms with Crippen molar-refractivity contribution in [2.24, 2.45) is 4.99 Å². The number of furan rings is 1. The van der Waals surface area contributed by atoms with E-state index in [2.05, 4.69) is 22.5 Å². The van der Waals surface area contributed by atoms with Crippen LogP contribution in [-0.2, 0) is 6.42 Å². The molecule has 0 bridgehead atoms. The Balaban J connectivity index is 1.70. The summed E-state index contributed by atoms with van der Waals surface area (Å²) in [5.74, 6) is 1.98. The Bertz CT molecular complexity index is 319. The Morgan fingerprint density at radius 3 is 3.27 bits per heavy atom. The smallest absolute Gasteiger partial charge is 0.191 e. The van der Waals surface area contributed by atoms with E-state index in [0.717, 1.165) is 37.7 Å². The zero-order chi connectivity index (χ0) is 10.5. The lowest BCUT2D eigenvalue weighted by Gasteiger charge is -2.14. The fourth-order valence-corrected chi connectivity index (χ4v) is 1.61.